The van der Waals surface area contributed by atoms with Gasteiger partial charge in [-0.3, -0.25) is 0 Å². The SMILES string of the molecule is c1ccc(-c2ccc(-c3ccc(N(c4ccc(-c5ccccc5)cc4)c4ccc5c(c4)C4(c6ccccc6-c6ccccc64)c4cc6sc7ccccc7c6c(-c6ccccc6)c4-5)cc3)cc2)cc1. The number of thiophene rings is 1. The van der Waals surface area contributed by atoms with E-state index in [1.54, 1.807) is 0 Å². The van der Waals surface area contributed by atoms with E-state index in [-0.39, 0.29) is 0 Å². The molecule has 11 aromatic carbocycles. The molecule has 69 heavy (non-hydrogen) atoms. The van der Waals surface area contributed by atoms with Gasteiger partial charge in [-0.05, 0) is 138 Å². The maximum absolute atomic E-state index is 2.56. The number of rotatable bonds is 7. The van der Waals surface area contributed by atoms with Gasteiger partial charge in [0.15, 0.2) is 0 Å². The Bertz CT molecular complexity index is 3860. The molecule has 1 heterocycles. The third-order valence-electron chi connectivity index (χ3n) is 14.7. The molecule has 1 spiro atoms. The number of fused-ring (bicyclic) bond motifs is 13. The van der Waals surface area contributed by atoms with Crippen molar-refractivity contribution in [1.82, 2.24) is 0 Å². The molecule has 0 saturated carbocycles. The first-order chi connectivity index (χ1) is 34.2. The van der Waals surface area contributed by atoms with E-state index < -0.39 is 5.41 Å². The summed E-state index contributed by atoms with van der Waals surface area (Å²) in [7, 11) is 0. The summed E-state index contributed by atoms with van der Waals surface area (Å²) in [5.41, 5.74) is 23.1. The second-order valence-corrected chi connectivity index (χ2v) is 19.4. The van der Waals surface area contributed by atoms with Crippen molar-refractivity contribution >= 4 is 48.6 Å². The molecule has 0 bridgehead atoms. The molecule has 0 aliphatic heterocycles. The van der Waals surface area contributed by atoms with E-state index in [0.29, 0.717) is 0 Å². The van der Waals surface area contributed by atoms with Crippen molar-refractivity contribution in [2.45, 2.75) is 5.41 Å². The Morgan fingerprint density at radius 1 is 0.275 bits per heavy atom. The van der Waals surface area contributed by atoms with Crippen LogP contribution >= 0.6 is 11.3 Å². The molecule has 12 aromatic rings. The Hall–Kier alpha value is -8.56. The molecule has 1 nitrogen and oxygen atoms in total. The van der Waals surface area contributed by atoms with E-state index in [0.717, 1.165) is 17.1 Å². The third-order valence-corrected chi connectivity index (χ3v) is 15.8. The van der Waals surface area contributed by atoms with Crippen molar-refractivity contribution in [1.29, 1.82) is 0 Å². The topological polar surface area (TPSA) is 3.24 Å². The van der Waals surface area contributed by atoms with Crippen LogP contribution in [0.15, 0.2) is 261 Å². The Morgan fingerprint density at radius 3 is 1.26 bits per heavy atom. The smallest absolute Gasteiger partial charge is 0.0727 e. The van der Waals surface area contributed by atoms with Crippen molar-refractivity contribution in [3.63, 3.8) is 0 Å². The first-order valence-electron chi connectivity index (χ1n) is 23.8. The van der Waals surface area contributed by atoms with E-state index in [1.165, 1.54) is 109 Å². The Balaban J connectivity index is 1.00. The van der Waals surface area contributed by atoms with Crippen LogP contribution in [0.5, 0.6) is 0 Å². The zero-order valence-electron chi connectivity index (χ0n) is 37.7. The van der Waals surface area contributed by atoms with Gasteiger partial charge in [0.05, 0.1) is 5.41 Å². The lowest BCUT2D eigenvalue weighted by Crippen LogP contribution is -2.26. The largest absolute Gasteiger partial charge is 0.310 e. The van der Waals surface area contributed by atoms with E-state index in [9.17, 15) is 0 Å². The molecule has 322 valence electrons. The summed E-state index contributed by atoms with van der Waals surface area (Å²) in [5, 5.41) is 2.65. The van der Waals surface area contributed by atoms with Gasteiger partial charge in [0.25, 0.3) is 0 Å². The lowest BCUT2D eigenvalue weighted by Gasteiger charge is -2.32. The van der Waals surface area contributed by atoms with Gasteiger partial charge in [0, 0.05) is 37.2 Å². The van der Waals surface area contributed by atoms with Gasteiger partial charge < -0.3 is 4.90 Å². The van der Waals surface area contributed by atoms with Crippen LogP contribution in [0.1, 0.15) is 22.3 Å². The number of benzene rings is 11. The van der Waals surface area contributed by atoms with Crippen molar-refractivity contribution in [3.8, 4) is 66.8 Å². The summed E-state index contributed by atoms with van der Waals surface area (Å²) >= 11 is 1.91. The summed E-state index contributed by atoms with van der Waals surface area (Å²) in [6, 6.07) is 96.7. The van der Waals surface area contributed by atoms with Gasteiger partial charge in [-0.25, -0.2) is 0 Å². The molecule has 0 N–H and O–H groups in total. The van der Waals surface area contributed by atoms with Crippen LogP contribution in [-0.2, 0) is 5.41 Å². The molecule has 0 atom stereocenters. The predicted octanol–water partition coefficient (Wildman–Crippen LogP) is 18.5. The van der Waals surface area contributed by atoms with E-state index in [4.69, 9.17) is 0 Å². The fraction of sp³-hybridized carbons (Fsp3) is 0.0149. The molecular weight excluding hydrogens is 851 g/mol. The van der Waals surface area contributed by atoms with Crippen molar-refractivity contribution < 1.29 is 0 Å². The number of nitrogens with zero attached hydrogens (tertiary/aromatic N) is 1. The fourth-order valence-corrected chi connectivity index (χ4v) is 12.8. The summed E-state index contributed by atoms with van der Waals surface area (Å²) in [4.78, 5) is 2.45. The van der Waals surface area contributed by atoms with Crippen molar-refractivity contribution in [2.24, 2.45) is 0 Å². The Labute approximate surface area is 406 Å². The Morgan fingerprint density at radius 2 is 0.710 bits per heavy atom. The quantitative estimate of drug-likeness (QED) is 0.154. The minimum absolute atomic E-state index is 0.555. The van der Waals surface area contributed by atoms with Crippen LogP contribution in [0.25, 0.3) is 86.9 Å². The van der Waals surface area contributed by atoms with Crippen LogP contribution in [0.3, 0.4) is 0 Å². The van der Waals surface area contributed by atoms with Crippen molar-refractivity contribution in [3.05, 3.63) is 283 Å². The zero-order valence-corrected chi connectivity index (χ0v) is 38.5. The summed E-state index contributed by atoms with van der Waals surface area (Å²) < 4.78 is 2.63. The van der Waals surface area contributed by atoms with Gasteiger partial charge in [-0.2, -0.15) is 0 Å². The number of hydrogen-bond donors (Lipinski definition) is 0. The van der Waals surface area contributed by atoms with Gasteiger partial charge in [-0.1, -0.05) is 212 Å². The first kappa shape index (κ1) is 39.6. The van der Waals surface area contributed by atoms with Crippen LogP contribution in [0.2, 0.25) is 0 Å². The number of anilines is 3. The van der Waals surface area contributed by atoms with E-state index in [2.05, 4.69) is 266 Å². The Kier molecular flexibility index (Phi) is 9.05. The lowest BCUT2D eigenvalue weighted by molar-refractivity contribution is 0.795. The second-order valence-electron chi connectivity index (χ2n) is 18.3. The highest BCUT2D eigenvalue weighted by Gasteiger charge is 2.53. The first-order valence-corrected chi connectivity index (χ1v) is 24.6. The van der Waals surface area contributed by atoms with E-state index >= 15 is 0 Å². The fourth-order valence-electron chi connectivity index (χ4n) is 11.7. The lowest BCUT2D eigenvalue weighted by atomic mass is 9.70. The standard InChI is InChI=1S/C67H43NS/c1-4-16-44(17-5-1)46-28-30-47(31-29-46)49-34-38-52(39-35-49)68(51-36-32-48(33-37-51)45-18-6-2-7-19-45)53-40-41-56-60(42-53)67(58-25-13-10-22-54(58)55-23-11-14-26-59(55)67)61-43-63-66(57-24-12-15-27-62(57)69-63)64(65(56)61)50-20-8-3-9-21-50/h1-43H. The molecule has 0 fully saturated rings. The summed E-state index contributed by atoms with van der Waals surface area (Å²) in [6.45, 7) is 0. The van der Waals surface area contributed by atoms with Gasteiger partial charge in [0.1, 0.15) is 0 Å². The normalized spacial score (nSPS) is 12.8. The predicted molar refractivity (Wildman–Crippen MR) is 292 cm³/mol. The molecule has 2 aliphatic carbocycles. The maximum Gasteiger partial charge on any atom is 0.0727 e. The molecule has 1 aromatic heterocycles. The van der Waals surface area contributed by atoms with Crippen LogP contribution < -0.4 is 4.90 Å². The monoisotopic (exact) mass is 893 g/mol. The molecule has 0 saturated heterocycles. The number of hydrogen-bond acceptors (Lipinski definition) is 2. The van der Waals surface area contributed by atoms with Crippen LogP contribution in [-0.4, -0.2) is 0 Å². The molecule has 2 aliphatic rings. The van der Waals surface area contributed by atoms with Gasteiger partial charge in [-0.15, -0.1) is 11.3 Å². The van der Waals surface area contributed by atoms with E-state index in [1.807, 2.05) is 11.3 Å². The molecule has 0 unspecified atom stereocenters. The zero-order chi connectivity index (χ0) is 45.5. The minimum atomic E-state index is -0.555. The molecule has 0 amide bonds. The molecular formula is C67H43NS. The average molecular weight is 894 g/mol. The van der Waals surface area contributed by atoms with Gasteiger partial charge >= 0.3 is 0 Å². The van der Waals surface area contributed by atoms with Gasteiger partial charge in [0.2, 0.25) is 0 Å². The second kappa shape index (κ2) is 15.8. The highest BCUT2D eigenvalue weighted by Crippen LogP contribution is 2.66. The summed E-state index contributed by atoms with van der Waals surface area (Å²) in [6.07, 6.45) is 0. The van der Waals surface area contributed by atoms with Crippen LogP contribution in [0, 0.1) is 0 Å². The van der Waals surface area contributed by atoms with Crippen LogP contribution in [0.4, 0.5) is 17.1 Å². The average Bonchev–Trinajstić information content (AvgIpc) is 4.05. The molecule has 2 heteroatoms. The highest BCUT2D eigenvalue weighted by atomic mass is 32.1. The molecule has 0 radical (unpaired) electrons. The van der Waals surface area contributed by atoms with Crippen molar-refractivity contribution in [2.75, 3.05) is 4.90 Å². The summed E-state index contributed by atoms with van der Waals surface area (Å²) in [5.74, 6) is 0. The molecule has 14 rings (SSSR count). The third kappa shape index (κ3) is 6.09. The maximum atomic E-state index is 2.56. The highest BCUT2D eigenvalue weighted by molar-refractivity contribution is 7.26. The minimum Gasteiger partial charge on any atom is -0.310 e.